The van der Waals surface area contributed by atoms with Crippen LogP contribution in [-0.2, 0) is 19.4 Å². The highest BCUT2D eigenvalue weighted by atomic mass is 32.2. The highest BCUT2D eigenvalue weighted by Gasteiger charge is 2.50. The van der Waals surface area contributed by atoms with Crippen LogP contribution in [0.15, 0.2) is 64.4 Å². The summed E-state index contributed by atoms with van der Waals surface area (Å²) in [6.45, 7) is 6.89. The Labute approximate surface area is 299 Å². The van der Waals surface area contributed by atoms with Crippen LogP contribution in [0.1, 0.15) is 97.6 Å². The number of sulfone groups is 1. The molecule has 0 aliphatic heterocycles. The van der Waals surface area contributed by atoms with Crippen molar-refractivity contribution in [1.82, 2.24) is 20.3 Å². The average molecular weight is 738 g/mol. The van der Waals surface area contributed by atoms with Crippen molar-refractivity contribution in [3.63, 3.8) is 0 Å². The molecule has 278 valence electrons. The maximum atomic E-state index is 13.3. The number of H-pyrrole nitrogens is 2. The summed E-state index contributed by atoms with van der Waals surface area (Å²) < 4.78 is 25.7. The van der Waals surface area contributed by atoms with E-state index in [9.17, 15) is 47.7 Å². The van der Waals surface area contributed by atoms with Crippen molar-refractivity contribution in [3.05, 3.63) is 87.3 Å². The Morgan fingerprint density at radius 1 is 0.962 bits per heavy atom. The fourth-order valence-electron chi connectivity index (χ4n) is 6.45. The molecule has 8 N–H and O–H groups in total. The number of aromatic amines is 2. The maximum Gasteiger partial charge on any atom is 0.335 e. The summed E-state index contributed by atoms with van der Waals surface area (Å²) in [5.74, 6) is -5.24. The molecule has 2 aromatic heterocycles. The second-order valence-electron chi connectivity index (χ2n) is 13.9. The van der Waals surface area contributed by atoms with Crippen molar-refractivity contribution < 1.29 is 42.9 Å². The number of fused-ring (bicyclic) bond motifs is 1. The van der Waals surface area contributed by atoms with E-state index < -0.39 is 62.5 Å². The zero-order valence-corrected chi connectivity index (χ0v) is 30.0. The van der Waals surface area contributed by atoms with Crippen molar-refractivity contribution in [1.29, 1.82) is 0 Å². The van der Waals surface area contributed by atoms with E-state index in [-0.39, 0.29) is 52.9 Å². The Balaban J connectivity index is 1.45. The van der Waals surface area contributed by atoms with Gasteiger partial charge in [-0.05, 0) is 66.1 Å². The minimum Gasteiger partial charge on any atom is -0.481 e. The van der Waals surface area contributed by atoms with Crippen LogP contribution >= 0.6 is 0 Å². The molecule has 2 aromatic carbocycles. The van der Waals surface area contributed by atoms with Gasteiger partial charge in [-0.15, -0.1) is 0 Å². The number of nitrogen functional groups attached to an aromatic ring is 1. The van der Waals surface area contributed by atoms with Gasteiger partial charge < -0.3 is 31.4 Å². The van der Waals surface area contributed by atoms with Crippen LogP contribution in [0.25, 0.3) is 11.0 Å². The van der Waals surface area contributed by atoms with Gasteiger partial charge in [0, 0.05) is 17.7 Å². The molecule has 0 aliphatic carbocycles. The molecule has 52 heavy (non-hydrogen) atoms. The van der Waals surface area contributed by atoms with Crippen LogP contribution in [0.5, 0.6) is 0 Å². The number of nitrogens with zero attached hydrogens (tertiary/aromatic N) is 1. The van der Waals surface area contributed by atoms with Gasteiger partial charge in [0.15, 0.2) is 9.84 Å². The van der Waals surface area contributed by atoms with E-state index in [1.807, 2.05) is 6.92 Å². The maximum absolute atomic E-state index is 13.3. The summed E-state index contributed by atoms with van der Waals surface area (Å²) in [4.78, 5) is 71.9. The van der Waals surface area contributed by atoms with Crippen LogP contribution in [0.4, 0.5) is 5.95 Å². The number of carbonyl (C=O) groups excluding carboxylic acids is 1. The first-order chi connectivity index (χ1) is 24.3. The van der Waals surface area contributed by atoms with Crippen LogP contribution in [-0.4, -0.2) is 74.3 Å². The lowest BCUT2D eigenvalue weighted by molar-refractivity contribution is -0.160. The van der Waals surface area contributed by atoms with E-state index in [1.165, 1.54) is 30.3 Å². The third-order valence-corrected chi connectivity index (χ3v) is 11.5. The lowest BCUT2D eigenvalue weighted by Gasteiger charge is -2.43. The molecule has 3 atom stereocenters. The predicted octanol–water partition coefficient (Wildman–Crippen LogP) is 4.41. The molecule has 2 heterocycles. The van der Waals surface area contributed by atoms with Gasteiger partial charge in [0.2, 0.25) is 5.95 Å². The number of carboxylic acids is 3. The molecule has 0 saturated heterocycles. The van der Waals surface area contributed by atoms with Crippen molar-refractivity contribution >= 4 is 50.6 Å². The molecule has 0 fully saturated rings. The number of nitrogens with two attached hydrogens (primary N) is 1. The number of aliphatic carboxylic acids is 2. The van der Waals surface area contributed by atoms with E-state index in [0.717, 1.165) is 11.6 Å². The molecule has 16 heteroatoms. The quantitative estimate of drug-likeness (QED) is 0.0789. The molecule has 2 unspecified atom stereocenters. The largest absolute Gasteiger partial charge is 0.481 e. The highest BCUT2D eigenvalue weighted by Crippen LogP contribution is 2.47. The number of rotatable bonds is 16. The smallest absolute Gasteiger partial charge is 0.335 e. The molecule has 0 saturated carbocycles. The predicted molar refractivity (Wildman–Crippen MR) is 192 cm³/mol. The van der Waals surface area contributed by atoms with Crippen LogP contribution in [0, 0.1) is 10.8 Å². The number of benzene rings is 2. The van der Waals surface area contributed by atoms with Gasteiger partial charge in [0.05, 0.1) is 27.0 Å². The minimum atomic E-state index is -3.81. The van der Waals surface area contributed by atoms with E-state index in [4.69, 9.17) is 5.73 Å². The summed E-state index contributed by atoms with van der Waals surface area (Å²) in [6.07, 6.45) is 1.94. The minimum absolute atomic E-state index is 0.00536. The van der Waals surface area contributed by atoms with Gasteiger partial charge in [0.25, 0.3) is 11.5 Å². The fraction of sp³-hybridized carbons (Fsp3) is 0.389. The van der Waals surface area contributed by atoms with Crippen LogP contribution < -0.4 is 16.6 Å². The number of hydrogen-bond acceptors (Lipinski definition) is 9. The Bertz CT molecular complexity index is 2150. The molecule has 1 amide bonds. The Morgan fingerprint density at radius 3 is 2.23 bits per heavy atom. The number of aromatic carboxylic acids is 1. The monoisotopic (exact) mass is 737 g/mol. The summed E-state index contributed by atoms with van der Waals surface area (Å²) in [5.41, 5.74) is 4.38. The normalized spacial score (nSPS) is 14.3. The summed E-state index contributed by atoms with van der Waals surface area (Å²) >= 11 is 0. The molecule has 0 bridgehead atoms. The average Bonchev–Trinajstić information content (AvgIpc) is 3.50. The Kier molecular flexibility index (Phi) is 11.6. The lowest BCUT2D eigenvalue weighted by Crippen LogP contribution is -2.51. The van der Waals surface area contributed by atoms with Crippen LogP contribution in [0.2, 0.25) is 0 Å². The van der Waals surface area contributed by atoms with Crippen molar-refractivity contribution in [2.45, 2.75) is 76.7 Å². The van der Waals surface area contributed by atoms with E-state index in [1.54, 1.807) is 39.1 Å². The summed E-state index contributed by atoms with van der Waals surface area (Å²) in [6, 6.07) is 9.84. The summed E-state index contributed by atoms with van der Waals surface area (Å²) in [7, 11) is -3.81. The second-order valence-corrected chi connectivity index (χ2v) is 16.0. The first kappa shape index (κ1) is 39.3. The van der Waals surface area contributed by atoms with Gasteiger partial charge in [0.1, 0.15) is 11.7 Å². The zero-order valence-electron chi connectivity index (χ0n) is 29.2. The molecule has 15 nitrogen and oxygen atoms in total. The first-order valence-electron chi connectivity index (χ1n) is 16.6. The van der Waals surface area contributed by atoms with Gasteiger partial charge in [-0.2, -0.15) is 4.98 Å². The Hall–Kier alpha value is -5.51. The third-order valence-electron chi connectivity index (χ3n) is 9.69. The lowest BCUT2D eigenvalue weighted by atomic mass is 9.61. The fourth-order valence-corrected chi connectivity index (χ4v) is 7.86. The number of amides is 1. The second kappa shape index (κ2) is 15.4. The molecule has 4 aromatic rings. The molecular formula is C36H43N5O10S. The SMILES string of the molecule is CC(c1ccc(C(=O)N[C@@H](CC(CCCCCS(=O)(=O)c2cccc(C(=O)O)c2)(C(=O)O)C(C)(C)C)C(=O)O)cc1)c1c[nH]c2nc(N)[nH]c(=O)c12. The summed E-state index contributed by atoms with van der Waals surface area (Å²) in [5, 5.41) is 32.7. The molecule has 0 radical (unpaired) electrons. The van der Waals surface area contributed by atoms with Gasteiger partial charge >= 0.3 is 17.9 Å². The molecule has 0 aliphatic rings. The number of nitrogens with one attached hydrogen (secondary N) is 3. The van der Waals surface area contributed by atoms with Crippen LogP contribution in [0.3, 0.4) is 0 Å². The van der Waals surface area contributed by atoms with E-state index in [0.29, 0.717) is 23.0 Å². The zero-order chi connectivity index (χ0) is 38.6. The topological polar surface area (TPSA) is 263 Å². The number of carbonyl (C=O) groups is 4. The Morgan fingerprint density at radius 2 is 1.63 bits per heavy atom. The highest BCUT2D eigenvalue weighted by molar-refractivity contribution is 7.91. The number of aromatic nitrogens is 3. The molecular weight excluding hydrogens is 694 g/mol. The van der Waals surface area contributed by atoms with Crippen molar-refractivity contribution in [2.24, 2.45) is 10.8 Å². The van der Waals surface area contributed by atoms with E-state index >= 15 is 0 Å². The van der Waals surface area contributed by atoms with Crippen molar-refractivity contribution in [2.75, 3.05) is 11.5 Å². The van der Waals surface area contributed by atoms with E-state index in [2.05, 4.69) is 20.3 Å². The standard InChI is InChI=1S/C36H43N5O10S/c1-20(25-19-38-28-27(25)30(43)41-34(37)40-28)21-11-13-22(14-12-21)29(42)39-26(32(46)47)18-36(33(48)49,35(2,3)4)15-6-5-7-16-52(50,51)24-10-8-9-23(17-24)31(44)45/h8-14,17,19-20,26H,5-7,15-16,18H2,1-4H3,(H,39,42)(H,44,45)(H,46,47)(H,48,49)(H4,37,38,40,41,43)/t20?,26-,36?/m0/s1. The number of hydrogen-bond donors (Lipinski definition) is 7. The van der Waals surface area contributed by atoms with Crippen molar-refractivity contribution in [3.8, 4) is 0 Å². The number of unbranched alkanes of at least 4 members (excludes halogenated alkanes) is 2. The van der Waals surface area contributed by atoms with Gasteiger partial charge in [-0.25, -0.2) is 18.0 Å². The van der Waals surface area contributed by atoms with Gasteiger partial charge in [-0.3, -0.25) is 19.4 Å². The van der Waals surface area contributed by atoms with Gasteiger partial charge in [-0.1, -0.05) is 58.7 Å². The third kappa shape index (κ3) is 8.50. The molecule has 0 spiro atoms. The first-order valence-corrected chi connectivity index (χ1v) is 18.2. The molecule has 4 rings (SSSR count). The number of anilines is 1. The number of carboxylic acid groups (broad SMARTS) is 3.